The third-order valence-electron chi connectivity index (χ3n) is 3.55. The van der Waals surface area contributed by atoms with Crippen molar-refractivity contribution in [2.75, 3.05) is 0 Å². The summed E-state index contributed by atoms with van der Waals surface area (Å²) in [6, 6.07) is 17.7. The van der Waals surface area contributed by atoms with Gasteiger partial charge in [0.05, 0.1) is 0 Å². The van der Waals surface area contributed by atoms with Crippen LogP contribution in [0.15, 0.2) is 54.6 Å². The summed E-state index contributed by atoms with van der Waals surface area (Å²) in [6.45, 7) is 2.67. The molecule has 0 aliphatic rings. The van der Waals surface area contributed by atoms with Crippen LogP contribution >= 0.6 is 0 Å². The third kappa shape index (κ3) is 4.72. The van der Waals surface area contributed by atoms with Gasteiger partial charge in [-0.25, -0.2) is 0 Å². The van der Waals surface area contributed by atoms with Crippen LogP contribution in [0.5, 0.6) is 0 Å². The van der Waals surface area contributed by atoms with Gasteiger partial charge in [0.1, 0.15) is 0 Å². The summed E-state index contributed by atoms with van der Waals surface area (Å²) >= 11 is 0. The minimum atomic E-state index is -0.256. The molecule has 21 heavy (non-hydrogen) atoms. The Labute approximate surface area is 126 Å². The second-order valence-corrected chi connectivity index (χ2v) is 5.17. The lowest BCUT2D eigenvalue weighted by atomic mass is 10.0. The quantitative estimate of drug-likeness (QED) is 0.856. The highest BCUT2D eigenvalue weighted by Crippen LogP contribution is 2.13. The SMILES string of the molecule is CCc1ccc(CNC(=O)CC(N)c2ccccc2)cc1. The van der Waals surface area contributed by atoms with Gasteiger partial charge in [0, 0.05) is 19.0 Å². The predicted octanol–water partition coefficient (Wildman–Crippen LogP) is 2.96. The normalized spacial score (nSPS) is 11.9. The van der Waals surface area contributed by atoms with Crippen molar-refractivity contribution in [3.05, 3.63) is 71.3 Å². The molecule has 0 spiro atoms. The van der Waals surface area contributed by atoms with E-state index in [-0.39, 0.29) is 11.9 Å². The molecule has 0 aliphatic heterocycles. The second-order valence-electron chi connectivity index (χ2n) is 5.17. The molecule has 2 aromatic carbocycles. The molecule has 3 nitrogen and oxygen atoms in total. The van der Waals surface area contributed by atoms with Crippen LogP contribution in [0.1, 0.15) is 36.1 Å². The van der Waals surface area contributed by atoms with Crippen LogP contribution in [0.4, 0.5) is 0 Å². The number of aryl methyl sites for hydroxylation is 1. The maximum Gasteiger partial charge on any atom is 0.222 e. The van der Waals surface area contributed by atoms with Crippen molar-refractivity contribution in [2.24, 2.45) is 5.73 Å². The zero-order valence-corrected chi connectivity index (χ0v) is 12.4. The van der Waals surface area contributed by atoms with Gasteiger partial charge in [0.2, 0.25) is 5.91 Å². The molecular weight excluding hydrogens is 260 g/mol. The minimum Gasteiger partial charge on any atom is -0.352 e. The molecule has 3 N–H and O–H groups in total. The Hall–Kier alpha value is -2.13. The summed E-state index contributed by atoms with van der Waals surface area (Å²) in [5.74, 6) is -0.0223. The summed E-state index contributed by atoms with van der Waals surface area (Å²) in [5, 5.41) is 2.92. The molecule has 0 aromatic heterocycles. The smallest absolute Gasteiger partial charge is 0.222 e. The number of hydrogen-bond acceptors (Lipinski definition) is 2. The Bertz CT molecular complexity index is 564. The van der Waals surface area contributed by atoms with Gasteiger partial charge >= 0.3 is 0 Å². The van der Waals surface area contributed by atoms with Crippen molar-refractivity contribution in [3.8, 4) is 0 Å². The lowest BCUT2D eigenvalue weighted by Crippen LogP contribution is -2.27. The average Bonchev–Trinajstić information content (AvgIpc) is 2.54. The number of carbonyl (C=O) groups is 1. The Balaban J connectivity index is 1.81. The summed E-state index contributed by atoms with van der Waals surface area (Å²) in [4.78, 5) is 11.9. The summed E-state index contributed by atoms with van der Waals surface area (Å²) in [7, 11) is 0. The molecule has 3 heteroatoms. The molecule has 110 valence electrons. The first-order valence-electron chi connectivity index (χ1n) is 7.34. The largest absolute Gasteiger partial charge is 0.352 e. The minimum absolute atomic E-state index is 0.0223. The molecule has 0 saturated carbocycles. The van der Waals surface area contributed by atoms with E-state index in [1.807, 2.05) is 30.3 Å². The fourth-order valence-electron chi connectivity index (χ4n) is 2.18. The average molecular weight is 282 g/mol. The van der Waals surface area contributed by atoms with Gasteiger partial charge < -0.3 is 11.1 Å². The molecule has 1 unspecified atom stereocenters. The maximum atomic E-state index is 11.9. The second kappa shape index (κ2) is 7.60. The number of amides is 1. The van der Waals surface area contributed by atoms with Crippen molar-refractivity contribution >= 4 is 5.91 Å². The number of rotatable bonds is 6. The molecular formula is C18H22N2O. The first kappa shape index (κ1) is 15.3. The van der Waals surface area contributed by atoms with Crippen LogP contribution in [0.3, 0.4) is 0 Å². The van der Waals surface area contributed by atoms with Crippen molar-refractivity contribution in [1.29, 1.82) is 0 Å². The molecule has 0 fully saturated rings. The van der Waals surface area contributed by atoms with Crippen molar-refractivity contribution in [1.82, 2.24) is 5.32 Å². The zero-order valence-electron chi connectivity index (χ0n) is 12.4. The van der Waals surface area contributed by atoms with Gasteiger partial charge in [-0.15, -0.1) is 0 Å². The van der Waals surface area contributed by atoms with Gasteiger partial charge in [0.15, 0.2) is 0 Å². The van der Waals surface area contributed by atoms with E-state index < -0.39 is 0 Å². The zero-order chi connectivity index (χ0) is 15.1. The number of hydrogen-bond donors (Lipinski definition) is 2. The van der Waals surface area contributed by atoms with Crippen LogP contribution in [0.25, 0.3) is 0 Å². The van der Waals surface area contributed by atoms with Crippen LogP contribution in [0, 0.1) is 0 Å². The van der Waals surface area contributed by atoms with Gasteiger partial charge in [-0.3, -0.25) is 4.79 Å². The molecule has 0 heterocycles. The molecule has 1 atom stereocenters. The first-order valence-corrected chi connectivity index (χ1v) is 7.34. The molecule has 2 aromatic rings. The van der Waals surface area contributed by atoms with E-state index in [1.165, 1.54) is 5.56 Å². The number of benzene rings is 2. The molecule has 0 bridgehead atoms. The lowest BCUT2D eigenvalue weighted by Gasteiger charge is -2.12. The fraction of sp³-hybridized carbons (Fsp3) is 0.278. The topological polar surface area (TPSA) is 55.1 Å². The van der Waals surface area contributed by atoms with E-state index in [1.54, 1.807) is 0 Å². The Morgan fingerprint density at radius 1 is 1.05 bits per heavy atom. The van der Waals surface area contributed by atoms with Gasteiger partial charge in [-0.1, -0.05) is 61.5 Å². The predicted molar refractivity (Wildman–Crippen MR) is 85.7 cm³/mol. The summed E-state index contributed by atoms with van der Waals surface area (Å²) in [6.07, 6.45) is 1.33. The standard InChI is InChI=1S/C18H22N2O/c1-2-14-8-10-15(11-9-14)13-20-18(21)12-17(19)16-6-4-3-5-7-16/h3-11,17H,2,12-13,19H2,1H3,(H,20,21). The van der Waals surface area contributed by atoms with E-state index in [9.17, 15) is 4.79 Å². The van der Waals surface area contributed by atoms with Crippen LogP contribution in [0.2, 0.25) is 0 Å². The van der Waals surface area contributed by atoms with Crippen LogP contribution in [-0.2, 0) is 17.8 Å². The van der Waals surface area contributed by atoms with Gasteiger partial charge in [-0.05, 0) is 23.1 Å². The van der Waals surface area contributed by atoms with Gasteiger partial charge in [0.25, 0.3) is 0 Å². The fourth-order valence-corrected chi connectivity index (χ4v) is 2.18. The van der Waals surface area contributed by atoms with E-state index in [0.29, 0.717) is 13.0 Å². The summed E-state index contributed by atoms with van der Waals surface area (Å²) < 4.78 is 0. The molecule has 1 amide bonds. The number of nitrogens with two attached hydrogens (primary N) is 1. The van der Waals surface area contributed by atoms with Crippen molar-refractivity contribution < 1.29 is 4.79 Å². The van der Waals surface area contributed by atoms with Crippen LogP contribution in [-0.4, -0.2) is 5.91 Å². The van der Waals surface area contributed by atoms with Crippen molar-refractivity contribution in [2.45, 2.75) is 32.4 Å². The highest BCUT2D eigenvalue weighted by atomic mass is 16.1. The molecule has 0 saturated heterocycles. The third-order valence-corrected chi connectivity index (χ3v) is 3.55. The molecule has 0 radical (unpaired) electrons. The van der Waals surface area contributed by atoms with E-state index >= 15 is 0 Å². The Morgan fingerprint density at radius 2 is 1.67 bits per heavy atom. The highest BCUT2D eigenvalue weighted by Gasteiger charge is 2.10. The van der Waals surface area contributed by atoms with E-state index in [2.05, 4.69) is 36.5 Å². The maximum absolute atomic E-state index is 11.9. The van der Waals surface area contributed by atoms with Gasteiger partial charge in [-0.2, -0.15) is 0 Å². The van der Waals surface area contributed by atoms with Crippen molar-refractivity contribution in [3.63, 3.8) is 0 Å². The van der Waals surface area contributed by atoms with Crippen LogP contribution < -0.4 is 11.1 Å². The van der Waals surface area contributed by atoms with E-state index in [0.717, 1.165) is 17.5 Å². The number of nitrogens with one attached hydrogen (secondary N) is 1. The monoisotopic (exact) mass is 282 g/mol. The Kier molecular flexibility index (Phi) is 5.52. The number of carbonyl (C=O) groups excluding carboxylic acids is 1. The summed E-state index contributed by atoms with van der Waals surface area (Å²) in [5.41, 5.74) is 9.44. The molecule has 0 aliphatic carbocycles. The Morgan fingerprint density at radius 3 is 2.29 bits per heavy atom. The van der Waals surface area contributed by atoms with E-state index in [4.69, 9.17) is 5.73 Å². The highest BCUT2D eigenvalue weighted by molar-refractivity contribution is 5.76. The lowest BCUT2D eigenvalue weighted by molar-refractivity contribution is -0.121. The molecule has 2 rings (SSSR count). The first-order chi connectivity index (χ1) is 10.2.